The van der Waals surface area contributed by atoms with Gasteiger partial charge in [0.05, 0.1) is 12.0 Å². The second-order valence-electron chi connectivity index (χ2n) is 8.79. The minimum absolute atomic E-state index is 0.0667. The molecule has 0 unspecified atom stereocenters. The van der Waals surface area contributed by atoms with Crippen LogP contribution in [0.1, 0.15) is 31.2 Å². The number of hydrogen-bond donors (Lipinski definition) is 0. The monoisotopic (exact) mass is 505 g/mol. The maximum Gasteiger partial charge on any atom is 0.243 e. The number of aryl methyl sites for hydroxylation is 1. The molecule has 0 atom stereocenters. The SMILES string of the molecule is COc1ccc(S(=O)(=O)N2CCCCC2)cc1CCC(=O)N1CCN(c2cccc(Cl)c2)CC1. The fourth-order valence-corrected chi connectivity index (χ4v) is 6.40. The summed E-state index contributed by atoms with van der Waals surface area (Å²) in [4.78, 5) is 17.3. The van der Waals surface area contributed by atoms with Crippen LogP contribution < -0.4 is 9.64 Å². The molecular formula is C25H32ClN3O4S. The smallest absolute Gasteiger partial charge is 0.243 e. The lowest BCUT2D eigenvalue weighted by atomic mass is 10.1. The van der Waals surface area contributed by atoms with Crippen molar-refractivity contribution >= 4 is 33.2 Å². The standard InChI is InChI=1S/C25H32ClN3O4S/c1-33-24-10-9-23(34(31,32)29-12-3-2-4-13-29)18-20(24)8-11-25(30)28-16-14-27(15-17-28)22-7-5-6-21(26)19-22/h5-7,9-10,18-19H,2-4,8,11-17H2,1H3. The quantitative estimate of drug-likeness (QED) is 0.572. The number of halogens is 1. The summed E-state index contributed by atoms with van der Waals surface area (Å²) in [6.45, 7) is 3.91. The summed E-state index contributed by atoms with van der Waals surface area (Å²) in [7, 11) is -1.97. The summed E-state index contributed by atoms with van der Waals surface area (Å²) in [5, 5.41) is 0.703. The second-order valence-corrected chi connectivity index (χ2v) is 11.2. The van der Waals surface area contributed by atoms with Crippen LogP contribution in [-0.2, 0) is 21.2 Å². The van der Waals surface area contributed by atoms with Crippen molar-refractivity contribution in [3.8, 4) is 5.75 Å². The molecule has 4 rings (SSSR count). The highest BCUT2D eigenvalue weighted by atomic mass is 35.5. The molecule has 0 aliphatic carbocycles. The Bertz CT molecular complexity index is 1110. The molecule has 0 N–H and O–H groups in total. The van der Waals surface area contributed by atoms with E-state index in [1.54, 1.807) is 29.6 Å². The first-order chi connectivity index (χ1) is 16.4. The van der Waals surface area contributed by atoms with Gasteiger partial charge >= 0.3 is 0 Å². The number of nitrogens with zero attached hydrogens (tertiary/aromatic N) is 3. The third-order valence-corrected chi connectivity index (χ3v) is 8.75. The summed E-state index contributed by atoms with van der Waals surface area (Å²) in [6.07, 6.45) is 3.58. The van der Waals surface area contributed by atoms with Crippen LogP contribution in [-0.4, -0.2) is 69.9 Å². The molecule has 0 bridgehead atoms. The van der Waals surface area contributed by atoms with E-state index in [1.165, 1.54) is 0 Å². The summed E-state index contributed by atoms with van der Waals surface area (Å²) in [5.41, 5.74) is 1.81. The number of methoxy groups -OCH3 is 1. The molecular weight excluding hydrogens is 474 g/mol. The van der Waals surface area contributed by atoms with Crippen LogP contribution in [0, 0.1) is 0 Å². The van der Waals surface area contributed by atoms with E-state index in [2.05, 4.69) is 4.90 Å². The first-order valence-electron chi connectivity index (χ1n) is 11.8. The van der Waals surface area contributed by atoms with Gasteiger partial charge in [-0.15, -0.1) is 0 Å². The number of anilines is 1. The van der Waals surface area contributed by atoms with Crippen molar-refractivity contribution in [1.29, 1.82) is 0 Å². The molecule has 0 spiro atoms. The molecule has 2 aromatic carbocycles. The molecule has 0 saturated carbocycles. The van der Waals surface area contributed by atoms with Crippen LogP contribution in [0.15, 0.2) is 47.4 Å². The third-order valence-electron chi connectivity index (χ3n) is 6.62. The number of carbonyl (C=O) groups is 1. The van der Waals surface area contributed by atoms with Gasteiger partial charge < -0.3 is 14.5 Å². The maximum absolute atomic E-state index is 13.1. The number of rotatable bonds is 7. The average Bonchev–Trinajstić information content (AvgIpc) is 2.87. The van der Waals surface area contributed by atoms with Crippen molar-refractivity contribution in [2.24, 2.45) is 0 Å². The molecule has 9 heteroatoms. The molecule has 2 aliphatic rings. The predicted molar refractivity (Wildman–Crippen MR) is 134 cm³/mol. The van der Waals surface area contributed by atoms with Crippen LogP contribution in [0.25, 0.3) is 0 Å². The normalized spacial score (nSPS) is 17.6. The number of piperidine rings is 1. The van der Waals surface area contributed by atoms with E-state index in [0.29, 0.717) is 49.8 Å². The molecule has 2 heterocycles. The summed E-state index contributed by atoms with van der Waals surface area (Å²) >= 11 is 6.11. The molecule has 1 amide bonds. The Hall–Kier alpha value is -2.29. The highest BCUT2D eigenvalue weighted by molar-refractivity contribution is 7.89. The Morgan fingerprint density at radius 3 is 2.38 bits per heavy atom. The van der Waals surface area contributed by atoms with Gasteiger partial charge in [0.2, 0.25) is 15.9 Å². The second kappa shape index (κ2) is 11.0. The average molecular weight is 506 g/mol. The first-order valence-corrected chi connectivity index (χ1v) is 13.7. The lowest BCUT2D eigenvalue weighted by molar-refractivity contribution is -0.131. The molecule has 184 valence electrons. The number of sulfonamides is 1. The van der Waals surface area contributed by atoms with E-state index in [0.717, 1.165) is 43.6 Å². The fraction of sp³-hybridized carbons (Fsp3) is 0.480. The number of ether oxygens (including phenoxy) is 1. The molecule has 2 aliphatic heterocycles. The van der Waals surface area contributed by atoms with Crippen molar-refractivity contribution in [2.75, 3.05) is 51.3 Å². The van der Waals surface area contributed by atoms with Crippen LogP contribution in [0.5, 0.6) is 5.75 Å². The van der Waals surface area contributed by atoms with Crippen LogP contribution >= 0.6 is 11.6 Å². The number of piperazine rings is 1. The molecule has 0 radical (unpaired) electrons. The van der Waals surface area contributed by atoms with Gasteiger partial charge in [0, 0.05) is 56.4 Å². The Balaban J connectivity index is 1.38. The Morgan fingerprint density at radius 1 is 0.971 bits per heavy atom. The van der Waals surface area contributed by atoms with Gasteiger partial charge in [-0.1, -0.05) is 24.1 Å². The molecule has 2 saturated heterocycles. The highest BCUT2D eigenvalue weighted by Gasteiger charge is 2.27. The largest absolute Gasteiger partial charge is 0.496 e. The zero-order valence-electron chi connectivity index (χ0n) is 19.6. The van der Waals surface area contributed by atoms with Gasteiger partial charge in [-0.3, -0.25) is 4.79 Å². The van der Waals surface area contributed by atoms with E-state index < -0.39 is 10.0 Å². The molecule has 7 nitrogen and oxygen atoms in total. The van der Waals surface area contributed by atoms with E-state index >= 15 is 0 Å². The first kappa shape index (κ1) is 24.8. The zero-order valence-corrected chi connectivity index (χ0v) is 21.2. The van der Waals surface area contributed by atoms with Crippen LogP contribution in [0.3, 0.4) is 0 Å². The van der Waals surface area contributed by atoms with E-state index in [9.17, 15) is 13.2 Å². The van der Waals surface area contributed by atoms with Crippen molar-refractivity contribution in [3.63, 3.8) is 0 Å². The lowest BCUT2D eigenvalue weighted by Gasteiger charge is -2.36. The van der Waals surface area contributed by atoms with Crippen LogP contribution in [0.4, 0.5) is 5.69 Å². The highest BCUT2D eigenvalue weighted by Crippen LogP contribution is 2.28. The molecule has 2 fully saturated rings. The summed E-state index contributed by atoms with van der Waals surface area (Å²) in [5.74, 6) is 0.674. The zero-order chi connectivity index (χ0) is 24.1. The predicted octanol–water partition coefficient (Wildman–Crippen LogP) is 3.80. The van der Waals surface area contributed by atoms with Gasteiger partial charge in [0.1, 0.15) is 5.75 Å². The molecule has 2 aromatic rings. The van der Waals surface area contributed by atoms with Crippen molar-refractivity contribution in [3.05, 3.63) is 53.1 Å². The van der Waals surface area contributed by atoms with Crippen molar-refractivity contribution in [1.82, 2.24) is 9.21 Å². The van der Waals surface area contributed by atoms with E-state index in [4.69, 9.17) is 16.3 Å². The van der Waals surface area contributed by atoms with Gasteiger partial charge in [-0.25, -0.2) is 8.42 Å². The number of hydrogen-bond acceptors (Lipinski definition) is 5. The van der Waals surface area contributed by atoms with Crippen molar-refractivity contribution < 1.29 is 17.9 Å². The topological polar surface area (TPSA) is 70.2 Å². The van der Waals surface area contributed by atoms with E-state index in [1.807, 2.05) is 29.2 Å². The minimum Gasteiger partial charge on any atom is -0.496 e. The Labute approximate surface area is 207 Å². The van der Waals surface area contributed by atoms with Crippen molar-refractivity contribution in [2.45, 2.75) is 37.0 Å². The third kappa shape index (κ3) is 5.67. The lowest BCUT2D eigenvalue weighted by Crippen LogP contribution is -2.48. The Morgan fingerprint density at radius 2 is 1.71 bits per heavy atom. The number of amides is 1. The van der Waals surface area contributed by atoms with Crippen LogP contribution in [0.2, 0.25) is 5.02 Å². The van der Waals surface area contributed by atoms with Gasteiger partial charge in [0.25, 0.3) is 0 Å². The molecule has 34 heavy (non-hydrogen) atoms. The fourth-order valence-electron chi connectivity index (χ4n) is 4.65. The number of carbonyl (C=O) groups excluding carboxylic acids is 1. The summed E-state index contributed by atoms with van der Waals surface area (Å²) in [6, 6.07) is 12.7. The van der Waals surface area contributed by atoms with Gasteiger partial charge in [0.15, 0.2) is 0 Å². The Kier molecular flexibility index (Phi) is 8.01. The van der Waals surface area contributed by atoms with Gasteiger partial charge in [-0.2, -0.15) is 4.31 Å². The molecule has 0 aromatic heterocycles. The maximum atomic E-state index is 13.1. The number of benzene rings is 2. The van der Waals surface area contributed by atoms with E-state index in [-0.39, 0.29) is 10.8 Å². The summed E-state index contributed by atoms with van der Waals surface area (Å²) < 4.78 is 33.2. The minimum atomic E-state index is -3.54. The van der Waals surface area contributed by atoms with Gasteiger partial charge in [-0.05, 0) is 61.2 Å².